The molecule has 7 nitrogen and oxygen atoms in total. The van der Waals surface area contributed by atoms with Crippen LogP contribution in [-0.4, -0.2) is 52.4 Å². The molecule has 2 heterocycles. The average Bonchev–Trinajstić information content (AvgIpc) is 2.83. The van der Waals surface area contributed by atoms with Crippen molar-refractivity contribution < 1.29 is 13.2 Å². The van der Waals surface area contributed by atoms with Crippen molar-refractivity contribution in [2.75, 3.05) is 48.7 Å². The van der Waals surface area contributed by atoms with Gasteiger partial charge in [0.05, 0.1) is 18.6 Å². The lowest BCUT2D eigenvalue weighted by Gasteiger charge is -2.29. The molecule has 35 heavy (non-hydrogen) atoms. The standard InChI is InChI=1S/C26H31ClN4O3S/c1-18(2)17-35(32,33)30-22-12-20(13-24(15-22)34-3)25-14-21(16-29-26(25)27)19-4-6-23(7-5-19)31-10-8-28-9-11-31/h4-7,12-16,18,28,30H,8-11,17H2,1-3H3. The third kappa shape index (κ3) is 6.45. The van der Waals surface area contributed by atoms with Gasteiger partial charge in [-0.15, -0.1) is 0 Å². The molecular formula is C26H31ClN4O3S. The van der Waals surface area contributed by atoms with Gasteiger partial charge in [-0.25, -0.2) is 13.4 Å². The Hall–Kier alpha value is -2.81. The number of pyridine rings is 1. The number of anilines is 2. The summed E-state index contributed by atoms with van der Waals surface area (Å²) in [5.74, 6) is 0.554. The van der Waals surface area contributed by atoms with Gasteiger partial charge in [0, 0.05) is 55.3 Å². The first-order chi connectivity index (χ1) is 16.7. The Bertz CT molecular complexity index is 1270. The van der Waals surface area contributed by atoms with Crippen LogP contribution in [0.3, 0.4) is 0 Å². The fourth-order valence-electron chi connectivity index (χ4n) is 4.19. The molecule has 2 aromatic carbocycles. The zero-order valence-electron chi connectivity index (χ0n) is 20.2. The van der Waals surface area contributed by atoms with Crippen LogP contribution in [0, 0.1) is 5.92 Å². The highest BCUT2D eigenvalue weighted by Crippen LogP contribution is 2.35. The van der Waals surface area contributed by atoms with Crippen molar-refractivity contribution in [2.45, 2.75) is 13.8 Å². The van der Waals surface area contributed by atoms with Crippen LogP contribution < -0.4 is 19.7 Å². The van der Waals surface area contributed by atoms with E-state index in [4.69, 9.17) is 16.3 Å². The van der Waals surface area contributed by atoms with Crippen molar-refractivity contribution in [1.29, 1.82) is 0 Å². The minimum Gasteiger partial charge on any atom is -0.497 e. The van der Waals surface area contributed by atoms with Gasteiger partial charge < -0.3 is 15.0 Å². The number of nitrogens with zero attached hydrogens (tertiary/aromatic N) is 2. The lowest BCUT2D eigenvalue weighted by atomic mass is 10.0. The highest BCUT2D eigenvalue weighted by atomic mass is 35.5. The first-order valence-electron chi connectivity index (χ1n) is 11.7. The van der Waals surface area contributed by atoms with Crippen LogP contribution in [0.2, 0.25) is 5.15 Å². The predicted octanol–water partition coefficient (Wildman–Crippen LogP) is 4.88. The Morgan fingerprint density at radius 3 is 2.43 bits per heavy atom. The fraction of sp³-hybridized carbons (Fsp3) is 0.346. The van der Waals surface area contributed by atoms with Crippen LogP contribution in [0.1, 0.15) is 13.8 Å². The van der Waals surface area contributed by atoms with Crippen molar-refractivity contribution in [3.63, 3.8) is 0 Å². The molecule has 0 unspecified atom stereocenters. The maximum Gasteiger partial charge on any atom is 0.232 e. The van der Waals surface area contributed by atoms with Crippen molar-refractivity contribution in [3.05, 3.63) is 59.9 Å². The number of piperazine rings is 1. The summed E-state index contributed by atoms with van der Waals surface area (Å²) in [5, 5.41) is 3.70. The van der Waals surface area contributed by atoms with Crippen LogP contribution in [0.15, 0.2) is 54.7 Å². The van der Waals surface area contributed by atoms with Crippen LogP contribution in [0.5, 0.6) is 5.75 Å². The normalized spacial score (nSPS) is 14.3. The second-order valence-corrected chi connectivity index (χ2v) is 11.2. The lowest BCUT2D eigenvalue weighted by molar-refractivity contribution is 0.415. The number of sulfonamides is 1. The molecule has 2 N–H and O–H groups in total. The van der Waals surface area contributed by atoms with E-state index in [1.54, 1.807) is 25.4 Å². The second kappa shape index (κ2) is 10.8. The highest BCUT2D eigenvalue weighted by Gasteiger charge is 2.16. The van der Waals surface area contributed by atoms with Gasteiger partial charge in [0.1, 0.15) is 10.9 Å². The molecular weight excluding hydrogens is 484 g/mol. The molecule has 1 saturated heterocycles. The lowest BCUT2D eigenvalue weighted by Crippen LogP contribution is -2.43. The first-order valence-corrected chi connectivity index (χ1v) is 13.7. The topological polar surface area (TPSA) is 83.6 Å². The number of nitrogens with one attached hydrogen (secondary N) is 2. The Morgan fingerprint density at radius 1 is 1.06 bits per heavy atom. The van der Waals surface area contributed by atoms with E-state index < -0.39 is 10.0 Å². The molecule has 0 amide bonds. The number of halogens is 1. The van der Waals surface area contributed by atoms with E-state index in [9.17, 15) is 8.42 Å². The maximum absolute atomic E-state index is 12.5. The van der Waals surface area contributed by atoms with E-state index in [1.807, 2.05) is 26.0 Å². The van der Waals surface area contributed by atoms with Gasteiger partial charge in [-0.05, 0) is 47.4 Å². The van der Waals surface area contributed by atoms with E-state index in [1.165, 1.54) is 5.69 Å². The van der Waals surface area contributed by atoms with E-state index in [0.29, 0.717) is 27.7 Å². The summed E-state index contributed by atoms with van der Waals surface area (Å²) >= 11 is 6.49. The molecule has 0 bridgehead atoms. The Labute approximate surface area is 212 Å². The van der Waals surface area contributed by atoms with Gasteiger partial charge in [0.25, 0.3) is 0 Å². The largest absolute Gasteiger partial charge is 0.497 e. The summed E-state index contributed by atoms with van der Waals surface area (Å²) in [6.45, 7) is 7.69. The van der Waals surface area contributed by atoms with Gasteiger partial charge in [-0.2, -0.15) is 0 Å². The van der Waals surface area contributed by atoms with Gasteiger partial charge in [0.2, 0.25) is 10.0 Å². The SMILES string of the molecule is COc1cc(NS(=O)(=O)CC(C)C)cc(-c2cc(-c3ccc(N4CCNCC4)cc3)cnc2Cl)c1. The molecule has 0 atom stereocenters. The van der Waals surface area contributed by atoms with E-state index in [-0.39, 0.29) is 11.7 Å². The zero-order valence-corrected chi connectivity index (χ0v) is 21.8. The van der Waals surface area contributed by atoms with E-state index in [2.05, 4.69) is 44.2 Å². The number of hydrogen-bond donors (Lipinski definition) is 2. The number of benzene rings is 2. The minimum absolute atomic E-state index is 0.00544. The number of rotatable bonds is 8. The number of hydrogen-bond acceptors (Lipinski definition) is 6. The van der Waals surface area contributed by atoms with Crippen LogP contribution >= 0.6 is 11.6 Å². The smallest absolute Gasteiger partial charge is 0.232 e. The molecule has 3 aromatic rings. The fourth-order valence-corrected chi connectivity index (χ4v) is 5.84. The van der Waals surface area contributed by atoms with Gasteiger partial charge in [-0.1, -0.05) is 37.6 Å². The molecule has 0 spiro atoms. The maximum atomic E-state index is 12.5. The first kappa shape index (κ1) is 25.3. The molecule has 4 rings (SSSR count). The van der Waals surface area contributed by atoms with Gasteiger partial charge in [0.15, 0.2) is 0 Å². The summed E-state index contributed by atoms with van der Waals surface area (Å²) in [6, 6.07) is 15.6. The van der Waals surface area contributed by atoms with Gasteiger partial charge >= 0.3 is 0 Å². The molecule has 1 aliphatic heterocycles. The third-order valence-electron chi connectivity index (χ3n) is 5.80. The summed E-state index contributed by atoms with van der Waals surface area (Å²) < 4.78 is 33.1. The van der Waals surface area contributed by atoms with Crippen LogP contribution in [-0.2, 0) is 10.0 Å². The average molecular weight is 515 g/mol. The Morgan fingerprint density at radius 2 is 1.77 bits per heavy atom. The van der Waals surface area contributed by atoms with Crippen LogP contribution in [0.25, 0.3) is 22.3 Å². The number of ether oxygens (including phenoxy) is 1. The van der Waals surface area contributed by atoms with Crippen LogP contribution in [0.4, 0.5) is 11.4 Å². The molecule has 186 valence electrons. The molecule has 0 aliphatic carbocycles. The van der Waals surface area contributed by atoms with Crippen molar-refractivity contribution in [2.24, 2.45) is 5.92 Å². The third-order valence-corrected chi connectivity index (χ3v) is 7.75. The number of methoxy groups -OCH3 is 1. The Kier molecular flexibility index (Phi) is 7.84. The quantitative estimate of drug-likeness (QED) is 0.417. The Balaban J connectivity index is 1.65. The van der Waals surface area contributed by atoms with E-state index >= 15 is 0 Å². The molecule has 1 aliphatic rings. The van der Waals surface area contributed by atoms with Crippen molar-refractivity contribution in [3.8, 4) is 28.0 Å². The summed E-state index contributed by atoms with van der Waals surface area (Å²) in [5.41, 5.74) is 4.96. The monoisotopic (exact) mass is 514 g/mol. The zero-order chi connectivity index (χ0) is 25.0. The predicted molar refractivity (Wildman–Crippen MR) is 144 cm³/mol. The van der Waals surface area contributed by atoms with Gasteiger partial charge in [-0.3, -0.25) is 4.72 Å². The molecule has 9 heteroatoms. The minimum atomic E-state index is -3.49. The van der Waals surface area contributed by atoms with Crippen molar-refractivity contribution >= 4 is 33.0 Å². The second-order valence-electron chi connectivity index (χ2n) is 9.07. The summed E-state index contributed by atoms with van der Waals surface area (Å²) in [4.78, 5) is 6.78. The van der Waals surface area contributed by atoms with Crippen molar-refractivity contribution in [1.82, 2.24) is 10.3 Å². The van der Waals surface area contributed by atoms with E-state index in [0.717, 1.165) is 37.3 Å². The summed E-state index contributed by atoms with van der Waals surface area (Å²) in [6.07, 6.45) is 1.75. The number of aromatic nitrogens is 1. The molecule has 1 aromatic heterocycles. The summed E-state index contributed by atoms with van der Waals surface area (Å²) in [7, 11) is -1.95. The molecule has 0 radical (unpaired) electrons. The highest BCUT2D eigenvalue weighted by molar-refractivity contribution is 7.92. The molecule has 0 saturated carbocycles. The molecule has 1 fully saturated rings.